The molecule has 0 atom stereocenters. The highest BCUT2D eigenvalue weighted by Crippen LogP contribution is 2.14. The SMILES string of the molecule is Cn1nccc1S(=O)(=O)Nc1ccc(CC(=O)O)nc1. The Hall–Kier alpha value is -2.42. The molecular weight excluding hydrogens is 284 g/mol. The zero-order chi connectivity index (χ0) is 14.8. The van der Waals surface area contributed by atoms with Crippen molar-refractivity contribution in [3.8, 4) is 0 Å². The summed E-state index contributed by atoms with van der Waals surface area (Å²) >= 11 is 0. The summed E-state index contributed by atoms with van der Waals surface area (Å²) in [4.78, 5) is 14.4. The molecule has 8 nitrogen and oxygen atoms in total. The zero-order valence-corrected chi connectivity index (χ0v) is 11.3. The molecule has 0 saturated heterocycles. The van der Waals surface area contributed by atoms with Gasteiger partial charge in [-0.3, -0.25) is 19.2 Å². The Morgan fingerprint density at radius 1 is 1.40 bits per heavy atom. The molecule has 0 amide bonds. The highest BCUT2D eigenvalue weighted by molar-refractivity contribution is 7.92. The Balaban J connectivity index is 2.18. The largest absolute Gasteiger partial charge is 0.481 e. The quantitative estimate of drug-likeness (QED) is 0.817. The van der Waals surface area contributed by atoms with Gasteiger partial charge in [0.2, 0.25) is 0 Å². The van der Waals surface area contributed by atoms with Crippen molar-refractivity contribution in [1.82, 2.24) is 14.8 Å². The first-order valence-electron chi connectivity index (χ1n) is 5.56. The normalized spacial score (nSPS) is 11.2. The monoisotopic (exact) mass is 296 g/mol. The number of carboxylic acids is 1. The van der Waals surface area contributed by atoms with E-state index in [1.807, 2.05) is 0 Å². The van der Waals surface area contributed by atoms with Gasteiger partial charge >= 0.3 is 5.97 Å². The van der Waals surface area contributed by atoms with Gasteiger partial charge in [-0.2, -0.15) is 13.5 Å². The molecule has 0 fully saturated rings. The number of aliphatic carboxylic acids is 1. The van der Waals surface area contributed by atoms with Crippen LogP contribution in [-0.4, -0.2) is 34.3 Å². The van der Waals surface area contributed by atoms with Gasteiger partial charge in [-0.1, -0.05) is 0 Å². The number of aryl methyl sites for hydroxylation is 1. The standard InChI is InChI=1S/C11H12N4O4S/c1-15-10(4-5-13-15)20(18,19)14-9-3-2-8(12-7-9)6-11(16)17/h2-5,7,14H,6H2,1H3,(H,16,17). The number of nitrogens with one attached hydrogen (secondary N) is 1. The molecule has 0 aliphatic rings. The molecule has 9 heteroatoms. The number of carbonyl (C=O) groups is 1. The number of carboxylic acid groups (broad SMARTS) is 1. The van der Waals surface area contributed by atoms with Crippen molar-refractivity contribution in [2.24, 2.45) is 7.05 Å². The molecule has 2 aromatic heterocycles. The highest BCUT2D eigenvalue weighted by atomic mass is 32.2. The summed E-state index contributed by atoms with van der Waals surface area (Å²) < 4.78 is 27.7. The molecule has 0 saturated carbocycles. The summed E-state index contributed by atoms with van der Waals surface area (Å²) in [6.07, 6.45) is 2.43. The van der Waals surface area contributed by atoms with E-state index in [2.05, 4.69) is 14.8 Å². The van der Waals surface area contributed by atoms with Gasteiger partial charge in [-0.05, 0) is 18.2 Å². The number of hydrogen-bond acceptors (Lipinski definition) is 5. The van der Waals surface area contributed by atoms with E-state index in [-0.39, 0.29) is 17.1 Å². The fraction of sp³-hybridized carbons (Fsp3) is 0.182. The van der Waals surface area contributed by atoms with Gasteiger partial charge in [0.05, 0.1) is 30.2 Å². The van der Waals surface area contributed by atoms with Gasteiger partial charge in [0, 0.05) is 7.05 Å². The molecular formula is C11H12N4O4S. The van der Waals surface area contributed by atoms with Crippen LogP contribution in [0.5, 0.6) is 0 Å². The van der Waals surface area contributed by atoms with E-state index in [4.69, 9.17) is 5.11 Å². The molecule has 0 aliphatic heterocycles. The van der Waals surface area contributed by atoms with Crippen LogP contribution in [0.15, 0.2) is 35.6 Å². The summed E-state index contributed by atoms with van der Waals surface area (Å²) in [5, 5.41) is 12.4. The molecule has 2 rings (SSSR count). The van der Waals surface area contributed by atoms with Gasteiger partial charge in [-0.15, -0.1) is 0 Å². The van der Waals surface area contributed by atoms with Crippen LogP contribution >= 0.6 is 0 Å². The van der Waals surface area contributed by atoms with Crippen LogP contribution in [0.1, 0.15) is 5.69 Å². The van der Waals surface area contributed by atoms with Crippen molar-refractivity contribution in [2.75, 3.05) is 4.72 Å². The number of anilines is 1. The van der Waals surface area contributed by atoms with Crippen molar-refractivity contribution in [3.05, 3.63) is 36.3 Å². The van der Waals surface area contributed by atoms with Gasteiger partial charge < -0.3 is 5.11 Å². The number of nitrogens with zero attached hydrogens (tertiary/aromatic N) is 3. The second-order valence-corrected chi connectivity index (χ2v) is 5.64. The minimum absolute atomic E-state index is 0.0205. The van der Waals surface area contributed by atoms with E-state index in [9.17, 15) is 13.2 Å². The molecule has 2 N–H and O–H groups in total. The van der Waals surface area contributed by atoms with E-state index in [0.717, 1.165) is 0 Å². The Morgan fingerprint density at radius 2 is 2.15 bits per heavy atom. The van der Waals surface area contributed by atoms with E-state index in [1.165, 1.54) is 42.3 Å². The lowest BCUT2D eigenvalue weighted by atomic mass is 10.3. The Bertz CT molecular complexity index is 721. The summed E-state index contributed by atoms with van der Waals surface area (Å²) in [7, 11) is -2.23. The Kier molecular flexibility index (Phi) is 3.70. The molecule has 2 heterocycles. The van der Waals surface area contributed by atoms with Crippen LogP contribution in [0, 0.1) is 0 Å². The second kappa shape index (κ2) is 5.29. The molecule has 0 spiro atoms. The second-order valence-electron chi connectivity index (χ2n) is 4.01. The molecule has 0 aromatic carbocycles. The van der Waals surface area contributed by atoms with Crippen molar-refractivity contribution >= 4 is 21.7 Å². The average Bonchev–Trinajstić information content (AvgIpc) is 2.78. The van der Waals surface area contributed by atoms with Crippen LogP contribution in [0.3, 0.4) is 0 Å². The lowest BCUT2D eigenvalue weighted by Gasteiger charge is -2.08. The lowest BCUT2D eigenvalue weighted by molar-refractivity contribution is -0.136. The van der Waals surface area contributed by atoms with Crippen LogP contribution in [0.2, 0.25) is 0 Å². The predicted octanol–water partition coefficient (Wildman–Crippen LogP) is 0.243. The summed E-state index contributed by atoms with van der Waals surface area (Å²) in [5.41, 5.74) is 0.598. The van der Waals surface area contributed by atoms with Crippen molar-refractivity contribution in [2.45, 2.75) is 11.4 Å². The van der Waals surface area contributed by atoms with Crippen molar-refractivity contribution in [3.63, 3.8) is 0 Å². The van der Waals surface area contributed by atoms with Crippen LogP contribution in [0.4, 0.5) is 5.69 Å². The third kappa shape index (κ3) is 3.12. The van der Waals surface area contributed by atoms with Gasteiger partial charge in [0.1, 0.15) is 0 Å². The molecule has 0 aliphatic carbocycles. The summed E-state index contributed by atoms with van der Waals surface area (Å²) in [5.74, 6) is -0.999. The van der Waals surface area contributed by atoms with E-state index in [1.54, 1.807) is 0 Å². The first-order valence-corrected chi connectivity index (χ1v) is 7.04. The van der Waals surface area contributed by atoms with E-state index < -0.39 is 16.0 Å². The van der Waals surface area contributed by atoms with Crippen molar-refractivity contribution in [1.29, 1.82) is 0 Å². The maximum atomic E-state index is 12.1. The lowest BCUT2D eigenvalue weighted by Crippen LogP contribution is -2.16. The Labute approximate surface area is 115 Å². The van der Waals surface area contributed by atoms with Crippen LogP contribution in [-0.2, 0) is 28.3 Å². The Morgan fingerprint density at radius 3 is 2.65 bits per heavy atom. The maximum absolute atomic E-state index is 12.1. The van der Waals surface area contributed by atoms with Gasteiger partial charge in [0.15, 0.2) is 5.03 Å². The van der Waals surface area contributed by atoms with Crippen molar-refractivity contribution < 1.29 is 18.3 Å². The molecule has 20 heavy (non-hydrogen) atoms. The topological polar surface area (TPSA) is 114 Å². The zero-order valence-electron chi connectivity index (χ0n) is 10.5. The van der Waals surface area contributed by atoms with E-state index >= 15 is 0 Å². The first kappa shape index (κ1) is 14.0. The fourth-order valence-corrected chi connectivity index (χ4v) is 2.75. The third-order valence-corrected chi connectivity index (χ3v) is 3.92. The van der Waals surface area contributed by atoms with Crippen LogP contribution < -0.4 is 4.72 Å². The van der Waals surface area contributed by atoms with E-state index in [0.29, 0.717) is 5.69 Å². The number of sulfonamides is 1. The number of pyridine rings is 1. The molecule has 0 radical (unpaired) electrons. The summed E-state index contributed by atoms with van der Waals surface area (Å²) in [6, 6.07) is 4.28. The average molecular weight is 296 g/mol. The minimum atomic E-state index is -3.74. The molecule has 0 unspecified atom stereocenters. The maximum Gasteiger partial charge on any atom is 0.309 e. The molecule has 0 bridgehead atoms. The minimum Gasteiger partial charge on any atom is -0.481 e. The number of rotatable bonds is 5. The highest BCUT2D eigenvalue weighted by Gasteiger charge is 2.18. The fourth-order valence-electron chi connectivity index (χ4n) is 1.58. The molecule has 106 valence electrons. The molecule has 2 aromatic rings. The smallest absolute Gasteiger partial charge is 0.309 e. The predicted molar refractivity (Wildman–Crippen MR) is 69.6 cm³/mol. The van der Waals surface area contributed by atoms with Gasteiger partial charge in [-0.25, -0.2) is 0 Å². The third-order valence-electron chi connectivity index (χ3n) is 2.46. The number of hydrogen-bond donors (Lipinski definition) is 2. The van der Waals surface area contributed by atoms with Crippen LogP contribution in [0.25, 0.3) is 0 Å². The first-order chi connectivity index (χ1) is 9.38. The summed E-state index contributed by atoms with van der Waals surface area (Å²) in [6.45, 7) is 0. The number of aromatic nitrogens is 3. The van der Waals surface area contributed by atoms with Gasteiger partial charge in [0.25, 0.3) is 10.0 Å².